The SMILES string of the molecule is CCCNC(c1ccc(C)s1)c1cscc1C. The predicted molar refractivity (Wildman–Crippen MR) is 78.2 cm³/mol. The molecule has 0 saturated carbocycles. The van der Waals surface area contributed by atoms with Gasteiger partial charge in [-0.25, -0.2) is 0 Å². The summed E-state index contributed by atoms with van der Waals surface area (Å²) in [6.45, 7) is 7.65. The molecule has 2 aromatic heterocycles. The van der Waals surface area contributed by atoms with Gasteiger partial charge in [0.2, 0.25) is 0 Å². The van der Waals surface area contributed by atoms with Crippen molar-refractivity contribution in [3.8, 4) is 0 Å². The van der Waals surface area contributed by atoms with Crippen LogP contribution in [0.5, 0.6) is 0 Å². The Morgan fingerprint density at radius 2 is 2.06 bits per heavy atom. The van der Waals surface area contributed by atoms with Gasteiger partial charge in [-0.1, -0.05) is 6.92 Å². The lowest BCUT2D eigenvalue weighted by Crippen LogP contribution is -2.22. The van der Waals surface area contributed by atoms with Crippen molar-refractivity contribution in [2.45, 2.75) is 33.2 Å². The minimum atomic E-state index is 0.375. The minimum Gasteiger partial charge on any atom is -0.306 e. The molecule has 2 heterocycles. The highest BCUT2D eigenvalue weighted by atomic mass is 32.1. The molecule has 0 amide bonds. The maximum atomic E-state index is 3.66. The zero-order valence-corrected chi connectivity index (χ0v) is 12.3. The van der Waals surface area contributed by atoms with Gasteiger partial charge in [-0.05, 0) is 60.8 Å². The molecular weight excluding hydrogens is 246 g/mol. The van der Waals surface area contributed by atoms with E-state index in [2.05, 4.69) is 49.0 Å². The van der Waals surface area contributed by atoms with E-state index in [0.29, 0.717) is 6.04 Å². The zero-order chi connectivity index (χ0) is 12.3. The van der Waals surface area contributed by atoms with Gasteiger partial charge in [-0.3, -0.25) is 0 Å². The van der Waals surface area contributed by atoms with Crippen LogP contribution in [0.25, 0.3) is 0 Å². The lowest BCUT2D eigenvalue weighted by atomic mass is 10.1. The summed E-state index contributed by atoms with van der Waals surface area (Å²) in [5, 5.41) is 8.17. The smallest absolute Gasteiger partial charge is 0.0681 e. The van der Waals surface area contributed by atoms with Gasteiger partial charge in [0.15, 0.2) is 0 Å². The number of rotatable bonds is 5. The molecule has 0 fully saturated rings. The van der Waals surface area contributed by atoms with E-state index in [4.69, 9.17) is 0 Å². The Kier molecular flexibility index (Phi) is 4.37. The van der Waals surface area contributed by atoms with Crippen LogP contribution in [-0.2, 0) is 0 Å². The Balaban J connectivity index is 2.28. The van der Waals surface area contributed by atoms with Crippen molar-refractivity contribution in [1.82, 2.24) is 5.32 Å². The van der Waals surface area contributed by atoms with Crippen molar-refractivity contribution in [3.63, 3.8) is 0 Å². The van der Waals surface area contributed by atoms with E-state index in [-0.39, 0.29) is 0 Å². The Bertz CT molecular complexity index is 470. The fourth-order valence-corrected chi connectivity index (χ4v) is 3.78. The first kappa shape index (κ1) is 12.8. The van der Waals surface area contributed by atoms with Gasteiger partial charge in [0.1, 0.15) is 0 Å². The average Bonchev–Trinajstić information content (AvgIpc) is 2.90. The van der Waals surface area contributed by atoms with Gasteiger partial charge in [0, 0.05) is 9.75 Å². The first-order valence-corrected chi connectivity index (χ1v) is 7.80. The van der Waals surface area contributed by atoms with E-state index in [9.17, 15) is 0 Å². The Labute approximate surface area is 112 Å². The summed E-state index contributed by atoms with van der Waals surface area (Å²) in [7, 11) is 0. The van der Waals surface area contributed by atoms with Crippen LogP contribution in [0.15, 0.2) is 22.9 Å². The number of hydrogen-bond acceptors (Lipinski definition) is 3. The van der Waals surface area contributed by atoms with Crippen molar-refractivity contribution < 1.29 is 0 Å². The third-order valence-corrected chi connectivity index (χ3v) is 4.80. The van der Waals surface area contributed by atoms with Crippen molar-refractivity contribution in [3.05, 3.63) is 43.8 Å². The van der Waals surface area contributed by atoms with E-state index in [1.54, 1.807) is 11.3 Å². The van der Waals surface area contributed by atoms with Crippen LogP contribution in [0.4, 0.5) is 0 Å². The number of hydrogen-bond donors (Lipinski definition) is 1. The fourth-order valence-electron chi connectivity index (χ4n) is 1.93. The maximum absolute atomic E-state index is 3.66. The quantitative estimate of drug-likeness (QED) is 0.838. The molecule has 0 radical (unpaired) electrons. The summed E-state index contributed by atoms with van der Waals surface area (Å²) >= 11 is 3.69. The second-order valence-electron chi connectivity index (χ2n) is 4.35. The maximum Gasteiger partial charge on any atom is 0.0681 e. The lowest BCUT2D eigenvalue weighted by Gasteiger charge is -2.17. The Morgan fingerprint density at radius 3 is 2.59 bits per heavy atom. The molecule has 2 aromatic rings. The molecule has 92 valence electrons. The van der Waals surface area contributed by atoms with E-state index in [0.717, 1.165) is 6.54 Å². The summed E-state index contributed by atoms with van der Waals surface area (Å²) in [6, 6.07) is 4.84. The van der Waals surface area contributed by atoms with Crippen LogP contribution in [0.3, 0.4) is 0 Å². The standard InChI is InChI=1S/C14H19NS2/c1-4-7-15-14(12-9-16-8-10(12)2)13-6-5-11(3)17-13/h5-6,8-9,14-15H,4,7H2,1-3H3. The highest BCUT2D eigenvalue weighted by Gasteiger charge is 2.17. The topological polar surface area (TPSA) is 12.0 Å². The van der Waals surface area contributed by atoms with E-state index in [1.165, 1.54) is 27.3 Å². The Hall–Kier alpha value is -0.640. The molecule has 0 aromatic carbocycles. The van der Waals surface area contributed by atoms with E-state index in [1.807, 2.05) is 11.3 Å². The van der Waals surface area contributed by atoms with Gasteiger partial charge in [-0.2, -0.15) is 11.3 Å². The monoisotopic (exact) mass is 265 g/mol. The number of thiophene rings is 2. The van der Waals surface area contributed by atoms with Crippen LogP contribution in [0.2, 0.25) is 0 Å². The third-order valence-electron chi connectivity index (χ3n) is 2.85. The molecule has 1 unspecified atom stereocenters. The van der Waals surface area contributed by atoms with Crippen LogP contribution in [0.1, 0.15) is 40.3 Å². The highest BCUT2D eigenvalue weighted by Crippen LogP contribution is 2.31. The van der Waals surface area contributed by atoms with Crippen LogP contribution < -0.4 is 5.32 Å². The summed E-state index contributed by atoms with van der Waals surface area (Å²) < 4.78 is 0. The summed E-state index contributed by atoms with van der Waals surface area (Å²) in [5.74, 6) is 0. The molecule has 0 saturated heterocycles. The molecular formula is C14H19NS2. The first-order valence-electron chi connectivity index (χ1n) is 6.04. The lowest BCUT2D eigenvalue weighted by molar-refractivity contribution is 0.605. The van der Waals surface area contributed by atoms with Gasteiger partial charge in [-0.15, -0.1) is 11.3 Å². The highest BCUT2D eigenvalue weighted by molar-refractivity contribution is 7.12. The van der Waals surface area contributed by atoms with Gasteiger partial charge in [0.25, 0.3) is 0 Å². The molecule has 17 heavy (non-hydrogen) atoms. The van der Waals surface area contributed by atoms with Crippen LogP contribution in [0, 0.1) is 13.8 Å². The fraction of sp³-hybridized carbons (Fsp3) is 0.429. The molecule has 0 aliphatic rings. The zero-order valence-electron chi connectivity index (χ0n) is 10.6. The van der Waals surface area contributed by atoms with Crippen molar-refractivity contribution >= 4 is 22.7 Å². The average molecular weight is 265 g/mol. The molecule has 0 aliphatic heterocycles. The first-order chi connectivity index (χ1) is 8.22. The number of aryl methyl sites for hydroxylation is 2. The molecule has 1 nitrogen and oxygen atoms in total. The molecule has 1 N–H and O–H groups in total. The minimum absolute atomic E-state index is 0.375. The summed E-state index contributed by atoms with van der Waals surface area (Å²) in [4.78, 5) is 2.81. The molecule has 0 bridgehead atoms. The summed E-state index contributed by atoms with van der Waals surface area (Å²) in [5.41, 5.74) is 2.83. The molecule has 2 rings (SSSR count). The van der Waals surface area contributed by atoms with E-state index >= 15 is 0 Å². The van der Waals surface area contributed by atoms with Gasteiger partial charge < -0.3 is 5.32 Å². The second kappa shape index (κ2) is 5.80. The van der Waals surface area contributed by atoms with Crippen LogP contribution in [-0.4, -0.2) is 6.54 Å². The van der Waals surface area contributed by atoms with Crippen LogP contribution >= 0.6 is 22.7 Å². The largest absolute Gasteiger partial charge is 0.306 e. The predicted octanol–water partition coefficient (Wildman–Crippen LogP) is 4.52. The van der Waals surface area contributed by atoms with Gasteiger partial charge >= 0.3 is 0 Å². The molecule has 1 atom stereocenters. The van der Waals surface area contributed by atoms with Crippen molar-refractivity contribution in [2.24, 2.45) is 0 Å². The van der Waals surface area contributed by atoms with Crippen molar-refractivity contribution in [1.29, 1.82) is 0 Å². The van der Waals surface area contributed by atoms with E-state index < -0.39 is 0 Å². The Morgan fingerprint density at radius 1 is 1.24 bits per heavy atom. The second-order valence-corrected chi connectivity index (χ2v) is 6.41. The van der Waals surface area contributed by atoms with Crippen molar-refractivity contribution in [2.75, 3.05) is 6.54 Å². The molecule has 0 spiro atoms. The molecule has 3 heteroatoms. The number of nitrogens with one attached hydrogen (secondary N) is 1. The summed E-state index contributed by atoms with van der Waals surface area (Å²) in [6.07, 6.45) is 1.17. The normalized spacial score (nSPS) is 12.9. The third kappa shape index (κ3) is 2.97. The van der Waals surface area contributed by atoms with Gasteiger partial charge in [0.05, 0.1) is 6.04 Å². The molecule has 0 aliphatic carbocycles.